The van der Waals surface area contributed by atoms with Crippen LogP contribution < -0.4 is 0 Å². The third kappa shape index (κ3) is 1.41. The van der Waals surface area contributed by atoms with Gasteiger partial charge in [-0.25, -0.2) is 0 Å². The highest BCUT2D eigenvalue weighted by Crippen LogP contribution is 2.20. The molecule has 0 radical (unpaired) electrons. The molecule has 6 heteroatoms. The van der Waals surface area contributed by atoms with E-state index in [1.165, 1.54) is 0 Å². The van der Waals surface area contributed by atoms with Gasteiger partial charge in [-0.3, -0.25) is 9.67 Å². The van der Waals surface area contributed by atoms with Crippen LogP contribution in [-0.4, -0.2) is 19.9 Å². The third-order valence-electron chi connectivity index (χ3n) is 1.95. The average molecular weight is 227 g/mol. The van der Waals surface area contributed by atoms with Crippen molar-refractivity contribution in [2.24, 2.45) is 0 Å². The number of aryl methyl sites for hydroxylation is 1. The molecule has 0 amide bonds. The minimum atomic E-state index is -0.123. The molecule has 0 aromatic carbocycles. The Balaban J connectivity index is 2.67. The van der Waals surface area contributed by atoms with E-state index >= 15 is 0 Å². The molecule has 0 aliphatic rings. The fourth-order valence-corrected chi connectivity index (χ4v) is 2.33. The Morgan fingerprint density at radius 1 is 1.64 bits per heavy atom. The SMILES string of the molecule is Cc1cscc1-n1c(CO)n[nH]c1=S. The van der Waals surface area contributed by atoms with E-state index in [0.717, 1.165) is 11.3 Å². The van der Waals surface area contributed by atoms with Gasteiger partial charge in [0.15, 0.2) is 10.6 Å². The van der Waals surface area contributed by atoms with Crippen LogP contribution in [-0.2, 0) is 6.61 Å². The molecule has 2 rings (SSSR count). The van der Waals surface area contributed by atoms with Crippen LogP contribution in [0, 0.1) is 11.7 Å². The average Bonchev–Trinajstić information content (AvgIpc) is 2.72. The Morgan fingerprint density at radius 2 is 2.43 bits per heavy atom. The lowest BCUT2D eigenvalue weighted by atomic mass is 10.3. The first-order chi connectivity index (χ1) is 6.74. The molecule has 0 unspecified atom stereocenters. The molecule has 0 spiro atoms. The highest BCUT2D eigenvalue weighted by Gasteiger charge is 2.09. The predicted octanol–water partition coefficient (Wildman–Crippen LogP) is 1.79. The van der Waals surface area contributed by atoms with Gasteiger partial charge in [-0.1, -0.05) is 0 Å². The molecule has 2 aromatic rings. The minimum absolute atomic E-state index is 0.123. The van der Waals surface area contributed by atoms with E-state index in [9.17, 15) is 0 Å². The smallest absolute Gasteiger partial charge is 0.199 e. The van der Waals surface area contributed by atoms with Crippen molar-refractivity contribution < 1.29 is 5.11 Å². The number of aliphatic hydroxyl groups is 1. The summed E-state index contributed by atoms with van der Waals surface area (Å²) in [5.41, 5.74) is 2.11. The molecule has 0 saturated heterocycles. The Labute approximate surface area is 89.8 Å². The molecule has 0 aliphatic carbocycles. The number of aromatic amines is 1. The molecule has 2 heterocycles. The van der Waals surface area contributed by atoms with Crippen LogP contribution in [0.2, 0.25) is 0 Å². The van der Waals surface area contributed by atoms with Gasteiger partial charge < -0.3 is 5.11 Å². The summed E-state index contributed by atoms with van der Waals surface area (Å²) in [6.45, 7) is 1.88. The summed E-state index contributed by atoms with van der Waals surface area (Å²) >= 11 is 6.69. The van der Waals surface area contributed by atoms with Crippen molar-refractivity contribution in [1.29, 1.82) is 0 Å². The zero-order chi connectivity index (χ0) is 10.1. The fourth-order valence-electron chi connectivity index (χ4n) is 1.27. The van der Waals surface area contributed by atoms with Gasteiger partial charge in [-0.05, 0) is 30.1 Å². The standard InChI is InChI=1S/C8H9N3OS2/c1-5-3-14-4-6(5)11-7(2-12)9-10-8(11)13/h3-4,12H,2H2,1H3,(H,10,13). The Kier molecular flexibility index (Phi) is 2.49. The number of nitrogens with zero attached hydrogens (tertiary/aromatic N) is 2. The van der Waals surface area contributed by atoms with Crippen LogP contribution in [0.25, 0.3) is 5.69 Å². The molecular weight excluding hydrogens is 218 g/mol. The zero-order valence-corrected chi connectivity index (χ0v) is 9.15. The van der Waals surface area contributed by atoms with E-state index in [0.29, 0.717) is 10.6 Å². The van der Waals surface area contributed by atoms with E-state index in [1.807, 2.05) is 17.7 Å². The second-order valence-corrected chi connectivity index (χ2v) is 4.01. The molecule has 0 saturated carbocycles. The molecule has 4 nitrogen and oxygen atoms in total. The van der Waals surface area contributed by atoms with E-state index in [1.54, 1.807) is 15.9 Å². The molecular formula is C8H9N3OS2. The number of aliphatic hydroxyl groups excluding tert-OH is 1. The van der Waals surface area contributed by atoms with Gasteiger partial charge in [0, 0.05) is 5.38 Å². The zero-order valence-electron chi connectivity index (χ0n) is 7.52. The molecule has 0 aliphatic heterocycles. The first-order valence-electron chi connectivity index (χ1n) is 4.04. The second-order valence-electron chi connectivity index (χ2n) is 2.88. The number of rotatable bonds is 2. The van der Waals surface area contributed by atoms with Crippen molar-refractivity contribution in [3.05, 3.63) is 26.9 Å². The number of hydrogen-bond donors (Lipinski definition) is 2. The molecule has 2 aromatic heterocycles. The van der Waals surface area contributed by atoms with E-state index in [4.69, 9.17) is 17.3 Å². The lowest BCUT2D eigenvalue weighted by Gasteiger charge is -2.02. The van der Waals surface area contributed by atoms with Crippen LogP contribution in [0.15, 0.2) is 10.8 Å². The van der Waals surface area contributed by atoms with Crippen molar-refractivity contribution in [2.75, 3.05) is 0 Å². The van der Waals surface area contributed by atoms with Gasteiger partial charge in [-0.2, -0.15) is 5.10 Å². The third-order valence-corrected chi connectivity index (χ3v) is 3.08. The van der Waals surface area contributed by atoms with E-state index in [-0.39, 0.29) is 6.61 Å². The Bertz CT molecular complexity index is 497. The number of aromatic nitrogens is 3. The van der Waals surface area contributed by atoms with Gasteiger partial charge in [0.05, 0.1) is 5.69 Å². The summed E-state index contributed by atoms with van der Waals surface area (Å²) in [7, 11) is 0. The maximum atomic E-state index is 9.08. The van der Waals surface area contributed by atoms with Crippen molar-refractivity contribution >= 4 is 23.6 Å². The maximum Gasteiger partial charge on any atom is 0.199 e. The summed E-state index contributed by atoms with van der Waals surface area (Å²) in [5.74, 6) is 0.538. The van der Waals surface area contributed by atoms with Crippen LogP contribution in [0.5, 0.6) is 0 Å². The number of hydrogen-bond acceptors (Lipinski definition) is 4. The predicted molar refractivity (Wildman–Crippen MR) is 57.3 cm³/mol. The fraction of sp³-hybridized carbons (Fsp3) is 0.250. The van der Waals surface area contributed by atoms with Gasteiger partial charge in [0.25, 0.3) is 0 Å². The number of nitrogens with one attached hydrogen (secondary N) is 1. The topological polar surface area (TPSA) is 53.8 Å². The van der Waals surface area contributed by atoms with E-state index < -0.39 is 0 Å². The first kappa shape index (κ1) is 9.57. The molecule has 2 N–H and O–H groups in total. The Hall–Kier alpha value is -0.980. The summed E-state index contributed by atoms with van der Waals surface area (Å²) in [6.07, 6.45) is 0. The maximum absolute atomic E-state index is 9.08. The van der Waals surface area contributed by atoms with Crippen molar-refractivity contribution in [3.63, 3.8) is 0 Å². The van der Waals surface area contributed by atoms with Gasteiger partial charge in [-0.15, -0.1) is 11.3 Å². The highest BCUT2D eigenvalue weighted by molar-refractivity contribution is 7.71. The van der Waals surface area contributed by atoms with Crippen molar-refractivity contribution in [1.82, 2.24) is 14.8 Å². The molecule has 0 atom stereocenters. The molecule has 0 fully saturated rings. The normalized spacial score (nSPS) is 10.7. The molecule has 14 heavy (non-hydrogen) atoms. The quantitative estimate of drug-likeness (QED) is 0.769. The van der Waals surface area contributed by atoms with Crippen LogP contribution in [0.4, 0.5) is 0 Å². The minimum Gasteiger partial charge on any atom is -0.388 e. The van der Waals surface area contributed by atoms with Gasteiger partial charge >= 0.3 is 0 Å². The number of H-pyrrole nitrogens is 1. The molecule has 0 bridgehead atoms. The van der Waals surface area contributed by atoms with Crippen LogP contribution >= 0.6 is 23.6 Å². The Morgan fingerprint density at radius 3 is 3.00 bits per heavy atom. The molecule has 74 valence electrons. The number of thiophene rings is 1. The highest BCUT2D eigenvalue weighted by atomic mass is 32.1. The van der Waals surface area contributed by atoms with E-state index in [2.05, 4.69) is 10.2 Å². The first-order valence-corrected chi connectivity index (χ1v) is 5.39. The summed E-state index contributed by atoms with van der Waals surface area (Å²) in [4.78, 5) is 0. The van der Waals surface area contributed by atoms with Crippen LogP contribution in [0.1, 0.15) is 11.4 Å². The lowest BCUT2D eigenvalue weighted by molar-refractivity contribution is 0.269. The largest absolute Gasteiger partial charge is 0.388 e. The van der Waals surface area contributed by atoms with Gasteiger partial charge in [0.2, 0.25) is 0 Å². The summed E-state index contributed by atoms with van der Waals surface area (Å²) in [6, 6.07) is 0. The summed E-state index contributed by atoms with van der Waals surface area (Å²) in [5, 5.41) is 19.7. The van der Waals surface area contributed by atoms with Crippen molar-refractivity contribution in [3.8, 4) is 5.69 Å². The summed E-state index contributed by atoms with van der Waals surface area (Å²) < 4.78 is 2.26. The second kappa shape index (κ2) is 3.64. The van der Waals surface area contributed by atoms with Crippen LogP contribution in [0.3, 0.4) is 0 Å². The van der Waals surface area contributed by atoms with Crippen molar-refractivity contribution in [2.45, 2.75) is 13.5 Å². The van der Waals surface area contributed by atoms with Gasteiger partial charge in [0.1, 0.15) is 6.61 Å². The lowest BCUT2D eigenvalue weighted by Crippen LogP contribution is -2.01. The monoisotopic (exact) mass is 227 g/mol.